The zero-order valence-corrected chi connectivity index (χ0v) is 14.0. The second-order valence-corrected chi connectivity index (χ2v) is 5.53. The van der Waals surface area contributed by atoms with Crippen LogP contribution in [0.25, 0.3) is 0 Å². The number of ether oxygens (including phenoxy) is 1. The van der Waals surface area contributed by atoms with Crippen LogP contribution in [0.5, 0.6) is 11.5 Å². The SMILES string of the molecule is N#Cc1ccc(NCC(=O)Nc2ccc(Oc3ccccc3)cc2)cc1. The maximum Gasteiger partial charge on any atom is 0.243 e. The van der Waals surface area contributed by atoms with Crippen molar-refractivity contribution in [3.63, 3.8) is 0 Å². The molecule has 128 valence electrons. The summed E-state index contributed by atoms with van der Waals surface area (Å²) in [5.74, 6) is 1.30. The Hall–Kier alpha value is -3.78. The van der Waals surface area contributed by atoms with Gasteiger partial charge in [-0.3, -0.25) is 4.79 Å². The lowest BCUT2D eigenvalue weighted by atomic mass is 10.2. The van der Waals surface area contributed by atoms with Crippen LogP contribution >= 0.6 is 0 Å². The van der Waals surface area contributed by atoms with Crippen LogP contribution in [0.1, 0.15) is 5.56 Å². The van der Waals surface area contributed by atoms with Crippen molar-refractivity contribution in [3.05, 3.63) is 84.4 Å². The average Bonchev–Trinajstić information content (AvgIpc) is 2.69. The summed E-state index contributed by atoms with van der Waals surface area (Å²) in [4.78, 5) is 12.0. The highest BCUT2D eigenvalue weighted by atomic mass is 16.5. The minimum Gasteiger partial charge on any atom is -0.457 e. The van der Waals surface area contributed by atoms with E-state index in [9.17, 15) is 4.79 Å². The number of carbonyl (C=O) groups excluding carboxylic acids is 1. The standard InChI is InChI=1S/C21H17N3O2/c22-14-16-6-8-17(9-7-16)23-15-21(25)24-18-10-12-20(13-11-18)26-19-4-2-1-3-5-19/h1-13,23H,15H2,(H,24,25). The predicted octanol–water partition coefficient (Wildman–Crippen LogP) is 4.40. The van der Waals surface area contributed by atoms with Crippen molar-refractivity contribution in [1.29, 1.82) is 5.26 Å². The number of nitriles is 1. The van der Waals surface area contributed by atoms with Gasteiger partial charge in [0.2, 0.25) is 5.91 Å². The Morgan fingerprint density at radius 3 is 2.12 bits per heavy atom. The van der Waals surface area contributed by atoms with E-state index in [1.54, 1.807) is 48.5 Å². The summed E-state index contributed by atoms with van der Waals surface area (Å²) in [7, 11) is 0. The molecule has 0 aromatic heterocycles. The lowest BCUT2D eigenvalue weighted by Crippen LogP contribution is -2.21. The molecular formula is C21H17N3O2. The van der Waals surface area contributed by atoms with Crippen LogP contribution in [0.15, 0.2) is 78.9 Å². The molecule has 3 aromatic rings. The molecule has 26 heavy (non-hydrogen) atoms. The fourth-order valence-electron chi connectivity index (χ4n) is 2.28. The number of nitrogens with zero attached hydrogens (tertiary/aromatic N) is 1. The van der Waals surface area contributed by atoms with E-state index in [4.69, 9.17) is 10.00 Å². The van der Waals surface area contributed by atoms with Crippen molar-refractivity contribution in [3.8, 4) is 17.6 Å². The number of rotatable bonds is 6. The van der Waals surface area contributed by atoms with Crippen LogP contribution < -0.4 is 15.4 Å². The molecule has 0 spiro atoms. The maximum atomic E-state index is 12.0. The first kappa shape index (κ1) is 17.1. The summed E-state index contributed by atoms with van der Waals surface area (Å²) in [6.07, 6.45) is 0. The number of hydrogen-bond acceptors (Lipinski definition) is 4. The van der Waals surface area contributed by atoms with Gasteiger partial charge in [0.25, 0.3) is 0 Å². The molecule has 3 rings (SSSR count). The minimum absolute atomic E-state index is 0.133. The van der Waals surface area contributed by atoms with Crippen molar-refractivity contribution in [2.75, 3.05) is 17.2 Å². The Balaban J connectivity index is 1.50. The molecule has 0 bridgehead atoms. The van der Waals surface area contributed by atoms with Crippen molar-refractivity contribution in [2.45, 2.75) is 0 Å². The van der Waals surface area contributed by atoms with E-state index in [2.05, 4.69) is 16.7 Å². The van der Waals surface area contributed by atoms with Gasteiger partial charge in [-0.05, 0) is 60.7 Å². The molecule has 0 radical (unpaired) electrons. The third kappa shape index (κ3) is 4.86. The molecule has 0 atom stereocenters. The Morgan fingerprint density at radius 1 is 0.846 bits per heavy atom. The van der Waals surface area contributed by atoms with Crippen LogP contribution in [0.4, 0.5) is 11.4 Å². The van der Waals surface area contributed by atoms with Crippen LogP contribution in [0.2, 0.25) is 0 Å². The van der Waals surface area contributed by atoms with E-state index >= 15 is 0 Å². The first-order valence-electron chi connectivity index (χ1n) is 8.10. The van der Waals surface area contributed by atoms with Crippen molar-refractivity contribution in [2.24, 2.45) is 0 Å². The number of para-hydroxylation sites is 1. The Bertz CT molecular complexity index is 899. The first-order valence-corrected chi connectivity index (χ1v) is 8.10. The lowest BCUT2D eigenvalue weighted by molar-refractivity contribution is -0.114. The third-order valence-electron chi connectivity index (χ3n) is 3.58. The smallest absolute Gasteiger partial charge is 0.243 e. The van der Waals surface area contributed by atoms with Gasteiger partial charge in [-0.25, -0.2) is 0 Å². The maximum absolute atomic E-state index is 12.0. The summed E-state index contributed by atoms with van der Waals surface area (Å²) < 4.78 is 5.71. The molecule has 0 saturated carbocycles. The predicted molar refractivity (Wildman–Crippen MR) is 101 cm³/mol. The molecule has 5 nitrogen and oxygen atoms in total. The van der Waals surface area contributed by atoms with Gasteiger partial charge < -0.3 is 15.4 Å². The zero-order valence-electron chi connectivity index (χ0n) is 14.0. The number of anilines is 2. The summed E-state index contributed by atoms with van der Waals surface area (Å²) in [6.45, 7) is 0.133. The van der Waals surface area contributed by atoms with E-state index in [1.807, 2.05) is 30.3 Å². The molecule has 1 amide bonds. The molecule has 0 fully saturated rings. The fraction of sp³-hybridized carbons (Fsp3) is 0.0476. The number of amides is 1. The van der Waals surface area contributed by atoms with E-state index in [-0.39, 0.29) is 12.5 Å². The number of benzene rings is 3. The normalized spacial score (nSPS) is 9.81. The molecule has 0 saturated heterocycles. The Kier molecular flexibility index (Phi) is 5.48. The van der Waals surface area contributed by atoms with Gasteiger partial charge in [0, 0.05) is 11.4 Å². The summed E-state index contributed by atoms with van der Waals surface area (Å²) in [5.41, 5.74) is 2.06. The van der Waals surface area contributed by atoms with Crippen LogP contribution in [-0.2, 0) is 4.79 Å². The second-order valence-electron chi connectivity index (χ2n) is 5.53. The topological polar surface area (TPSA) is 74.2 Å². The highest BCUT2D eigenvalue weighted by Gasteiger charge is 2.03. The molecule has 0 heterocycles. The van der Waals surface area contributed by atoms with Gasteiger partial charge >= 0.3 is 0 Å². The monoisotopic (exact) mass is 343 g/mol. The molecule has 0 aliphatic rings. The van der Waals surface area contributed by atoms with Crippen molar-refractivity contribution in [1.82, 2.24) is 0 Å². The van der Waals surface area contributed by atoms with E-state index in [1.165, 1.54) is 0 Å². The van der Waals surface area contributed by atoms with Crippen molar-refractivity contribution >= 4 is 17.3 Å². The van der Waals surface area contributed by atoms with Crippen molar-refractivity contribution < 1.29 is 9.53 Å². The fourth-order valence-corrected chi connectivity index (χ4v) is 2.28. The highest BCUT2D eigenvalue weighted by molar-refractivity contribution is 5.93. The minimum atomic E-state index is -0.161. The van der Waals surface area contributed by atoms with Gasteiger partial charge in [-0.1, -0.05) is 18.2 Å². The summed E-state index contributed by atoms with van der Waals surface area (Å²) in [6, 6.07) is 25.7. The number of hydrogen-bond donors (Lipinski definition) is 2. The largest absolute Gasteiger partial charge is 0.457 e. The van der Waals surface area contributed by atoms with Gasteiger partial charge in [0.05, 0.1) is 18.2 Å². The molecule has 3 aromatic carbocycles. The van der Waals surface area contributed by atoms with Gasteiger partial charge in [-0.15, -0.1) is 0 Å². The quantitative estimate of drug-likeness (QED) is 0.695. The van der Waals surface area contributed by atoms with Crippen LogP contribution in [0.3, 0.4) is 0 Å². The van der Waals surface area contributed by atoms with Gasteiger partial charge in [0.15, 0.2) is 0 Å². The second kappa shape index (κ2) is 8.36. The van der Waals surface area contributed by atoms with Gasteiger partial charge in [0.1, 0.15) is 11.5 Å². The summed E-state index contributed by atoms with van der Waals surface area (Å²) in [5, 5.41) is 14.6. The Morgan fingerprint density at radius 2 is 1.46 bits per heavy atom. The highest BCUT2D eigenvalue weighted by Crippen LogP contribution is 2.22. The zero-order chi connectivity index (χ0) is 18.2. The van der Waals surface area contributed by atoms with Crippen LogP contribution in [-0.4, -0.2) is 12.5 Å². The molecule has 0 unspecified atom stereocenters. The Labute approximate surface area is 151 Å². The lowest BCUT2D eigenvalue weighted by Gasteiger charge is -2.09. The molecular weight excluding hydrogens is 326 g/mol. The molecule has 2 N–H and O–H groups in total. The summed E-state index contributed by atoms with van der Waals surface area (Å²) >= 11 is 0. The number of nitrogens with one attached hydrogen (secondary N) is 2. The number of carbonyl (C=O) groups is 1. The molecule has 5 heteroatoms. The molecule has 0 aliphatic carbocycles. The third-order valence-corrected chi connectivity index (χ3v) is 3.58. The van der Waals surface area contributed by atoms with E-state index in [0.29, 0.717) is 17.0 Å². The first-order chi connectivity index (χ1) is 12.7. The van der Waals surface area contributed by atoms with Crippen LogP contribution in [0, 0.1) is 11.3 Å². The average molecular weight is 343 g/mol. The van der Waals surface area contributed by atoms with Gasteiger partial charge in [-0.2, -0.15) is 5.26 Å². The molecule has 0 aliphatic heterocycles. The van der Waals surface area contributed by atoms with E-state index < -0.39 is 0 Å². The van der Waals surface area contributed by atoms with E-state index in [0.717, 1.165) is 11.4 Å².